The van der Waals surface area contributed by atoms with Gasteiger partial charge >= 0.3 is 6.09 Å². The summed E-state index contributed by atoms with van der Waals surface area (Å²) in [5, 5.41) is 0.913. The zero-order valence-corrected chi connectivity index (χ0v) is 17.4. The van der Waals surface area contributed by atoms with Crippen LogP contribution in [0.2, 0.25) is 10.2 Å². The second kappa shape index (κ2) is 7.18. The summed E-state index contributed by atoms with van der Waals surface area (Å²) in [4.78, 5) is 31.8. The summed E-state index contributed by atoms with van der Waals surface area (Å²) in [5.74, 6) is 1.71. The average Bonchev–Trinajstić information content (AvgIpc) is 3.02. The lowest BCUT2D eigenvalue weighted by Gasteiger charge is -2.40. The Hall–Kier alpha value is -2.32. The number of nitrogens with zero attached hydrogens (tertiary/aromatic N) is 6. The van der Waals surface area contributed by atoms with E-state index >= 15 is 0 Å². The Labute approximate surface area is 178 Å². The first-order valence-electron chi connectivity index (χ1n) is 9.61. The topological polar surface area (TPSA) is 74.7 Å². The van der Waals surface area contributed by atoms with Crippen LogP contribution in [0.25, 0.3) is 0 Å². The number of ether oxygens (including phenoxy) is 1. The molecule has 0 saturated carbocycles. The van der Waals surface area contributed by atoms with Crippen molar-refractivity contribution in [2.45, 2.75) is 32.5 Å². The predicted octanol–water partition coefficient (Wildman–Crippen LogP) is 3.04. The zero-order chi connectivity index (χ0) is 20.1. The van der Waals surface area contributed by atoms with Gasteiger partial charge in [0.15, 0.2) is 0 Å². The maximum Gasteiger partial charge on any atom is 0.410 e. The van der Waals surface area contributed by atoms with Crippen molar-refractivity contribution in [1.29, 1.82) is 0 Å². The summed E-state index contributed by atoms with van der Waals surface area (Å²) in [6.07, 6.45) is 2.20. The highest BCUT2D eigenvalue weighted by molar-refractivity contribution is 6.34. The van der Waals surface area contributed by atoms with Crippen molar-refractivity contribution in [1.82, 2.24) is 19.9 Å². The predicted molar refractivity (Wildman–Crippen MR) is 110 cm³/mol. The molecule has 0 radical (unpaired) electrons. The molecule has 0 spiro atoms. The Bertz CT molecular complexity index is 977. The molecule has 5 rings (SSSR count). The van der Waals surface area contributed by atoms with Crippen LogP contribution in [0.15, 0.2) is 12.3 Å². The molecule has 8 nitrogen and oxygen atoms in total. The van der Waals surface area contributed by atoms with E-state index in [0.717, 1.165) is 41.7 Å². The molecule has 0 N–H and O–H groups in total. The molecule has 152 valence electrons. The molecule has 0 aliphatic carbocycles. The van der Waals surface area contributed by atoms with Crippen molar-refractivity contribution in [2.75, 3.05) is 36.0 Å². The third kappa shape index (κ3) is 3.44. The van der Waals surface area contributed by atoms with E-state index in [2.05, 4.69) is 19.9 Å². The lowest BCUT2D eigenvalue weighted by Crippen LogP contribution is -2.54. The van der Waals surface area contributed by atoms with Crippen molar-refractivity contribution in [2.24, 2.45) is 0 Å². The minimum atomic E-state index is -0.321. The van der Waals surface area contributed by atoms with Crippen molar-refractivity contribution in [3.8, 4) is 0 Å². The highest BCUT2D eigenvalue weighted by atomic mass is 35.5. The maximum atomic E-state index is 12.7. The van der Waals surface area contributed by atoms with E-state index in [1.165, 1.54) is 12.6 Å². The number of aryl methyl sites for hydroxylation is 1. The fourth-order valence-electron chi connectivity index (χ4n) is 3.85. The average molecular weight is 435 g/mol. The molecule has 0 atom stereocenters. The van der Waals surface area contributed by atoms with E-state index in [0.29, 0.717) is 36.4 Å². The molecule has 0 bridgehead atoms. The van der Waals surface area contributed by atoms with Crippen LogP contribution in [0, 0.1) is 6.92 Å². The van der Waals surface area contributed by atoms with Crippen LogP contribution in [0.4, 0.5) is 16.3 Å². The number of rotatable bonds is 3. The number of carbonyl (C=O) groups is 1. The molecule has 2 saturated heterocycles. The Balaban J connectivity index is 1.21. The Morgan fingerprint density at radius 3 is 2.69 bits per heavy atom. The number of anilines is 2. The Kier molecular flexibility index (Phi) is 4.63. The number of aromatic nitrogens is 3. The van der Waals surface area contributed by atoms with Crippen LogP contribution >= 0.6 is 23.2 Å². The molecular formula is C19H20Cl2N6O2. The van der Waals surface area contributed by atoms with Gasteiger partial charge in [-0.2, -0.15) is 0 Å². The molecule has 1 amide bonds. The number of fused-ring (bicyclic) bond motifs is 1. The smallest absolute Gasteiger partial charge is 0.410 e. The fraction of sp³-hybridized carbons (Fsp3) is 0.474. The summed E-state index contributed by atoms with van der Waals surface area (Å²) in [5.41, 5.74) is 2.77. The molecule has 3 aliphatic heterocycles. The number of halogens is 2. The van der Waals surface area contributed by atoms with Crippen LogP contribution < -0.4 is 9.80 Å². The minimum absolute atomic E-state index is 0.183. The largest absolute Gasteiger partial charge is 0.442 e. The van der Waals surface area contributed by atoms with Gasteiger partial charge in [-0.05, 0) is 13.3 Å². The van der Waals surface area contributed by atoms with Crippen LogP contribution in [0.5, 0.6) is 0 Å². The molecule has 2 aromatic rings. The Morgan fingerprint density at radius 2 is 1.97 bits per heavy atom. The van der Waals surface area contributed by atoms with E-state index < -0.39 is 0 Å². The third-order valence-electron chi connectivity index (χ3n) is 5.54. The van der Waals surface area contributed by atoms with E-state index in [-0.39, 0.29) is 12.2 Å². The minimum Gasteiger partial charge on any atom is -0.442 e. The second-order valence-electron chi connectivity index (χ2n) is 7.59. The standard InChI is InChI=1S/C19H20Cl2N6O2/c1-11-23-15-10-27(9-13(15)18(24-11)25-3-2-4-25)19(28)29-12-7-26(8-12)16-5-17(21)22-6-14(16)20/h5-6,12H,2-4,7-10H2,1H3. The van der Waals surface area contributed by atoms with Gasteiger partial charge in [0.05, 0.1) is 42.6 Å². The summed E-state index contributed by atoms with van der Waals surface area (Å²) in [7, 11) is 0. The summed E-state index contributed by atoms with van der Waals surface area (Å²) < 4.78 is 5.69. The van der Waals surface area contributed by atoms with Gasteiger partial charge < -0.3 is 14.5 Å². The van der Waals surface area contributed by atoms with E-state index in [1.54, 1.807) is 11.0 Å². The van der Waals surface area contributed by atoms with Crippen molar-refractivity contribution >= 4 is 40.8 Å². The van der Waals surface area contributed by atoms with Gasteiger partial charge in [0, 0.05) is 30.9 Å². The summed E-state index contributed by atoms with van der Waals surface area (Å²) in [6, 6.07) is 1.72. The highest BCUT2D eigenvalue weighted by Crippen LogP contribution is 2.34. The number of hydrogen-bond donors (Lipinski definition) is 0. The van der Waals surface area contributed by atoms with Crippen LogP contribution in [-0.2, 0) is 17.8 Å². The number of amides is 1. The van der Waals surface area contributed by atoms with Gasteiger partial charge in [0.2, 0.25) is 0 Å². The summed E-state index contributed by atoms with van der Waals surface area (Å²) >= 11 is 12.1. The van der Waals surface area contributed by atoms with Gasteiger partial charge in [-0.1, -0.05) is 23.2 Å². The molecule has 5 heterocycles. The van der Waals surface area contributed by atoms with E-state index in [4.69, 9.17) is 27.9 Å². The molecular weight excluding hydrogens is 415 g/mol. The van der Waals surface area contributed by atoms with Crippen molar-refractivity contribution in [3.05, 3.63) is 39.5 Å². The SMILES string of the molecule is Cc1nc2c(c(N3CCC3)n1)CN(C(=O)OC1CN(c3cc(Cl)ncc3Cl)C1)C2. The first kappa shape index (κ1) is 18.7. The molecule has 3 aliphatic rings. The van der Waals surface area contributed by atoms with Crippen molar-refractivity contribution < 1.29 is 9.53 Å². The number of carbonyl (C=O) groups excluding carboxylic acids is 1. The van der Waals surface area contributed by atoms with Gasteiger partial charge in [-0.15, -0.1) is 0 Å². The van der Waals surface area contributed by atoms with Gasteiger partial charge in [0.25, 0.3) is 0 Å². The molecule has 0 unspecified atom stereocenters. The van der Waals surface area contributed by atoms with Gasteiger partial charge in [-0.3, -0.25) is 4.90 Å². The maximum absolute atomic E-state index is 12.7. The molecule has 0 aromatic carbocycles. The zero-order valence-electron chi connectivity index (χ0n) is 15.9. The lowest BCUT2D eigenvalue weighted by molar-refractivity contribution is 0.0491. The van der Waals surface area contributed by atoms with Crippen LogP contribution in [0.3, 0.4) is 0 Å². The molecule has 29 heavy (non-hydrogen) atoms. The second-order valence-corrected chi connectivity index (χ2v) is 8.38. The first-order chi connectivity index (χ1) is 14.0. The van der Waals surface area contributed by atoms with E-state index in [9.17, 15) is 4.79 Å². The monoisotopic (exact) mass is 434 g/mol. The lowest BCUT2D eigenvalue weighted by atomic mass is 10.1. The number of pyridine rings is 1. The van der Waals surface area contributed by atoms with Crippen LogP contribution in [-0.4, -0.2) is 58.2 Å². The third-order valence-corrected chi connectivity index (χ3v) is 6.04. The first-order valence-corrected chi connectivity index (χ1v) is 10.4. The van der Waals surface area contributed by atoms with Crippen LogP contribution in [0.1, 0.15) is 23.5 Å². The quantitative estimate of drug-likeness (QED) is 0.687. The fourth-order valence-corrected chi connectivity index (χ4v) is 4.22. The van der Waals surface area contributed by atoms with Gasteiger partial charge in [-0.25, -0.2) is 19.7 Å². The number of hydrogen-bond acceptors (Lipinski definition) is 7. The highest BCUT2D eigenvalue weighted by Gasteiger charge is 2.36. The van der Waals surface area contributed by atoms with E-state index in [1.807, 2.05) is 11.8 Å². The Morgan fingerprint density at radius 1 is 1.17 bits per heavy atom. The summed E-state index contributed by atoms with van der Waals surface area (Å²) in [6.45, 7) is 6.00. The van der Waals surface area contributed by atoms with Crippen molar-refractivity contribution in [3.63, 3.8) is 0 Å². The van der Waals surface area contributed by atoms with Gasteiger partial charge in [0.1, 0.15) is 22.9 Å². The normalized spacial score (nSPS) is 18.4. The molecule has 2 aromatic heterocycles. The molecule has 2 fully saturated rings. The molecule has 10 heteroatoms.